The molecule has 154 valence electrons. The van der Waals surface area contributed by atoms with Crippen molar-refractivity contribution in [2.75, 3.05) is 26.8 Å². The predicted molar refractivity (Wildman–Crippen MR) is 123 cm³/mol. The monoisotopic (exact) mass is 489 g/mol. The van der Waals surface area contributed by atoms with E-state index in [1.54, 1.807) is 7.11 Å². The third-order valence-corrected chi connectivity index (χ3v) is 5.29. The van der Waals surface area contributed by atoms with Crippen LogP contribution in [0.4, 0.5) is 0 Å². The van der Waals surface area contributed by atoms with Gasteiger partial charge >= 0.3 is 0 Å². The molecule has 1 aromatic carbocycles. The Hall–Kier alpha value is -0.860. The van der Waals surface area contributed by atoms with Crippen LogP contribution in [-0.4, -0.2) is 37.9 Å². The van der Waals surface area contributed by atoms with Gasteiger partial charge in [0, 0.05) is 26.8 Å². The van der Waals surface area contributed by atoms with Gasteiger partial charge in [-0.15, -0.1) is 24.0 Å². The molecule has 27 heavy (non-hydrogen) atoms. The third kappa shape index (κ3) is 8.35. The van der Waals surface area contributed by atoms with Crippen molar-refractivity contribution < 1.29 is 9.84 Å². The Labute approximate surface area is 181 Å². The van der Waals surface area contributed by atoms with Gasteiger partial charge in [0.05, 0.1) is 13.2 Å². The van der Waals surface area contributed by atoms with Crippen molar-refractivity contribution in [3.05, 3.63) is 35.4 Å². The van der Waals surface area contributed by atoms with Crippen LogP contribution in [0.15, 0.2) is 29.3 Å². The van der Waals surface area contributed by atoms with E-state index in [2.05, 4.69) is 41.8 Å². The second kappa shape index (κ2) is 13.3. The minimum absolute atomic E-state index is 0. The minimum atomic E-state index is 0. The van der Waals surface area contributed by atoms with E-state index >= 15 is 0 Å². The van der Waals surface area contributed by atoms with E-state index in [4.69, 9.17) is 9.73 Å². The molecule has 0 heterocycles. The molecule has 0 bridgehead atoms. The Bertz CT molecular complexity index is 537. The Morgan fingerprint density at radius 1 is 1.11 bits per heavy atom. The molecule has 2 rings (SSSR count). The van der Waals surface area contributed by atoms with Crippen molar-refractivity contribution >= 4 is 29.9 Å². The Morgan fingerprint density at radius 2 is 1.78 bits per heavy atom. The summed E-state index contributed by atoms with van der Waals surface area (Å²) in [7, 11) is 1.71. The lowest BCUT2D eigenvalue weighted by Gasteiger charge is -2.37. The Kier molecular flexibility index (Phi) is 11.9. The summed E-state index contributed by atoms with van der Waals surface area (Å²) >= 11 is 0. The van der Waals surface area contributed by atoms with Crippen LogP contribution in [0.25, 0.3) is 0 Å². The van der Waals surface area contributed by atoms with Crippen LogP contribution in [0, 0.1) is 5.41 Å². The van der Waals surface area contributed by atoms with Gasteiger partial charge in [-0.25, -0.2) is 4.99 Å². The van der Waals surface area contributed by atoms with Gasteiger partial charge in [0.1, 0.15) is 0 Å². The number of aliphatic hydroxyl groups is 1. The van der Waals surface area contributed by atoms with Gasteiger partial charge < -0.3 is 20.5 Å². The van der Waals surface area contributed by atoms with E-state index in [-0.39, 0.29) is 36.0 Å². The van der Waals surface area contributed by atoms with E-state index in [0.29, 0.717) is 13.2 Å². The van der Waals surface area contributed by atoms with E-state index in [1.165, 1.54) is 43.2 Å². The summed E-state index contributed by atoms with van der Waals surface area (Å²) in [6.45, 7) is 5.36. The van der Waals surface area contributed by atoms with Crippen molar-refractivity contribution in [1.82, 2.24) is 10.6 Å². The molecule has 0 atom stereocenters. The lowest BCUT2D eigenvalue weighted by molar-refractivity contribution is 0.131. The zero-order chi connectivity index (χ0) is 18.7. The summed E-state index contributed by atoms with van der Waals surface area (Å²) in [5.41, 5.74) is 2.57. The number of methoxy groups -OCH3 is 1. The highest BCUT2D eigenvalue weighted by molar-refractivity contribution is 14.0. The molecule has 1 fully saturated rings. The number of aliphatic imine (C=N–C) groups is 1. The second-order valence-electron chi connectivity index (χ2n) is 7.33. The lowest BCUT2D eigenvalue weighted by Crippen LogP contribution is -2.44. The quantitative estimate of drug-likeness (QED) is 0.280. The predicted octanol–water partition coefficient (Wildman–Crippen LogP) is 3.84. The van der Waals surface area contributed by atoms with Gasteiger partial charge in [-0.3, -0.25) is 0 Å². The van der Waals surface area contributed by atoms with Crippen LogP contribution in [0.3, 0.4) is 0 Å². The molecule has 1 aliphatic carbocycles. The summed E-state index contributed by atoms with van der Waals surface area (Å²) < 4.78 is 5.15. The van der Waals surface area contributed by atoms with Gasteiger partial charge in [-0.05, 0) is 42.7 Å². The standard InChI is InChI=1S/C21H35N3O2.HI/c1-3-22-20(23-15-18-7-9-19(10-8-18)16-26-2)24-17-21(13-14-25)11-5-4-6-12-21;/h7-10,25H,3-6,11-17H2,1-2H3,(H2,22,23,24);1H. The average molecular weight is 489 g/mol. The van der Waals surface area contributed by atoms with Gasteiger partial charge in [0.2, 0.25) is 0 Å². The molecular weight excluding hydrogens is 453 g/mol. The maximum absolute atomic E-state index is 9.48. The Balaban J connectivity index is 0.00000364. The number of aliphatic hydroxyl groups excluding tert-OH is 1. The first-order valence-electron chi connectivity index (χ1n) is 9.91. The zero-order valence-corrected chi connectivity index (χ0v) is 19.1. The number of halogens is 1. The molecule has 0 radical (unpaired) electrons. The molecule has 0 saturated heterocycles. The number of benzene rings is 1. The number of nitrogens with zero attached hydrogens (tertiary/aromatic N) is 1. The molecule has 6 heteroatoms. The maximum atomic E-state index is 9.48. The highest BCUT2D eigenvalue weighted by Crippen LogP contribution is 2.38. The average Bonchev–Trinajstić information content (AvgIpc) is 2.66. The van der Waals surface area contributed by atoms with E-state index in [0.717, 1.165) is 25.5 Å². The van der Waals surface area contributed by atoms with Crippen molar-refractivity contribution in [2.45, 2.75) is 58.6 Å². The largest absolute Gasteiger partial charge is 0.396 e. The molecule has 0 amide bonds. The maximum Gasteiger partial charge on any atom is 0.191 e. The van der Waals surface area contributed by atoms with Crippen LogP contribution < -0.4 is 10.6 Å². The van der Waals surface area contributed by atoms with Crippen molar-refractivity contribution in [1.29, 1.82) is 0 Å². The van der Waals surface area contributed by atoms with Crippen LogP contribution in [0.1, 0.15) is 56.6 Å². The van der Waals surface area contributed by atoms with Gasteiger partial charge in [-0.2, -0.15) is 0 Å². The number of guanidine groups is 1. The topological polar surface area (TPSA) is 65.9 Å². The highest BCUT2D eigenvalue weighted by atomic mass is 127. The van der Waals surface area contributed by atoms with Crippen molar-refractivity contribution in [3.63, 3.8) is 0 Å². The molecule has 3 N–H and O–H groups in total. The van der Waals surface area contributed by atoms with E-state index < -0.39 is 0 Å². The number of ether oxygens (including phenoxy) is 1. The molecule has 1 aromatic rings. The van der Waals surface area contributed by atoms with Crippen molar-refractivity contribution in [2.24, 2.45) is 10.4 Å². The molecule has 0 unspecified atom stereocenters. The fourth-order valence-electron chi connectivity index (χ4n) is 3.74. The first-order valence-corrected chi connectivity index (χ1v) is 9.91. The van der Waals surface area contributed by atoms with Crippen LogP contribution in [0.5, 0.6) is 0 Å². The molecule has 0 spiro atoms. The fraction of sp³-hybridized carbons (Fsp3) is 0.667. The summed E-state index contributed by atoms with van der Waals surface area (Å²) in [6, 6.07) is 8.39. The first kappa shape index (κ1) is 24.2. The van der Waals surface area contributed by atoms with Gasteiger partial charge in [0.15, 0.2) is 5.96 Å². The summed E-state index contributed by atoms with van der Waals surface area (Å²) in [5, 5.41) is 16.3. The number of hydrogen-bond donors (Lipinski definition) is 3. The summed E-state index contributed by atoms with van der Waals surface area (Å²) in [5.74, 6) is 0.858. The Morgan fingerprint density at radius 3 is 2.37 bits per heavy atom. The lowest BCUT2D eigenvalue weighted by atomic mass is 9.72. The molecule has 1 aliphatic rings. The van der Waals surface area contributed by atoms with Crippen LogP contribution in [0.2, 0.25) is 0 Å². The molecule has 0 aromatic heterocycles. The van der Waals surface area contributed by atoms with Crippen LogP contribution >= 0.6 is 24.0 Å². The molecule has 1 saturated carbocycles. The number of hydrogen-bond acceptors (Lipinski definition) is 3. The zero-order valence-electron chi connectivity index (χ0n) is 16.8. The second-order valence-corrected chi connectivity index (χ2v) is 7.33. The molecule has 0 aliphatic heterocycles. The van der Waals surface area contributed by atoms with E-state index in [9.17, 15) is 5.11 Å². The van der Waals surface area contributed by atoms with Crippen molar-refractivity contribution in [3.8, 4) is 0 Å². The summed E-state index contributed by atoms with van der Waals surface area (Å²) in [6.07, 6.45) is 7.12. The van der Waals surface area contributed by atoms with E-state index in [1.807, 2.05) is 0 Å². The fourth-order valence-corrected chi connectivity index (χ4v) is 3.74. The molecule has 5 nitrogen and oxygen atoms in total. The third-order valence-electron chi connectivity index (χ3n) is 5.29. The normalized spacial score (nSPS) is 16.5. The van der Waals surface area contributed by atoms with Crippen LogP contribution in [-0.2, 0) is 17.9 Å². The SMILES string of the molecule is CCNC(=NCc1ccc(COC)cc1)NCC1(CCO)CCCCC1.I. The minimum Gasteiger partial charge on any atom is -0.396 e. The first-order chi connectivity index (χ1) is 12.7. The summed E-state index contributed by atoms with van der Waals surface area (Å²) in [4.78, 5) is 4.74. The van der Waals surface area contributed by atoms with Gasteiger partial charge in [-0.1, -0.05) is 43.5 Å². The highest BCUT2D eigenvalue weighted by Gasteiger charge is 2.31. The number of nitrogens with one attached hydrogen (secondary N) is 2. The van der Waals surface area contributed by atoms with Gasteiger partial charge in [0.25, 0.3) is 0 Å². The molecular formula is C21H36IN3O2. The smallest absolute Gasteiger partial charge is 0.191 e. The number of rotatable bonds is 9.